The van der Waals surface area contributed by atoms with E-state index in [1.54, 1.807) is 6.20 Å². The molecule has 3 aromatic heterocycles. The summed E-state index contributed by atoms with van der Waals surface area (Å²) in [6.07, 6.45) is 9.21. The van der Waals surface area contributed by atoms with Gasteiger partial charge in [0.25, 0.3) is 0 Å². The van der Waals surface area contributed by atoms with Gasteiger partial charge in [-0.15, -0.1) is 0 Å². The highest BCUT2D eigenvalue weighted by atomic mass is 16.1. The zero-order valence-electron chi connectivity index (χ0n) is 9.91. The van der Waals surface area contributed by atoms with Gasteiger partial charge in [-0.05, 0) is 30.9 Å². The predicted molar refractivity (Wildman–Crippen MR) is 68.8 cm³/mol. The molecule has 0 bridgehead atoms. The number of aldehydes is 1. The number of pyridine rings is 1. The van der Waals surface area contributed by atoms with Crippen LogP contribution in [0.15, 0.2) is 30.7 Å². The maximum absolute atomic E-state index is 11.2. The Hall–Kier alpha value is -2.10. The van der Waals surface area contributed by atoms with E-state index in [9.17, 15) is 4.79 Å². The number of rotatable bonds is 3. The molecule has 1 aliphatic rings. The quantitative estimate of drug-likeness (QED) is 0.659. The molecule has 0 unspecified atom stereocenters. The number of fused-ring (bicyclic) bond motifs is 3. The monoisotopic (exact) mass is 239 g/mol. The molecular weight excluding hydrogens is 226 g/mol. The van der Waals surface area contributed by atoms with E-state index >= 15 is 0 Å². The molecule has 0 radical (unpaired) electrons. The van der Waals surface area contributed by atoms with Gasteiger partial charge >= 0.3 is 0 Å². The van der Waals surface area contributed by atoms with Crippen molar-refractivity contribution in [2.45, 2.75) is 19.4 Å². The topological polar surface area (TPSA) is 39.3 Å². The van der Waals surface area contributed by atoms with E-state index in [1.165, 1.54) is 12.8 Å². The summed E-state index contributed by atoms with van der Waals surface area (Å²) in [6, 6.07) is 4.00. The summed E-state index contributed by atoms with van der Waals surface area (Å²) in [6.45, 7) is 0.935. The predicted octanol–water partition coefficient (Wildman–Crippen LogP) is 2.51. The maximum Gasteiger partial charge on any atom is 0.166 e. The van der Waals surface area contributed by atoms with E-state index in [-0.39, 0.29) is 0 Å². The first-order valence-corrected chi connectivity index (χ1v) is 6.27. The van der Waals surface area contributed by atoms with Gasteiger partial charge in [-0.3, -0.25) is 4.79 Å². The number of nitrogens with zero attached hydrogens (tertiary/aromatic N) is 3. The molecule has 4 nitrogen and oxygen atoms in total. The first-order valence-electron chi connectivity index (χ1n) is 6.27. The molecule has 1 saturated carbocycles. The van der Waals surface area contributed by atoms with Crippen LogP contribution in [0, 0.1) is 5.92 Å². The Morgan fingerprint density at radius 3 is 3.06 bits per heavy atom. The molecule has 1 aliphatic carbocycles. The first kappa shape index (κ1) is 9.88. The van der Waals surface area contributed by atoms with Gasteiger partial charge in [-0.25, -0.2) is 4.98 Å². The minimum Gasteiger partial charge on any atom is -0.335 e. The van der Waals surface area contributed by atoms with Gasteiger partial charge in [0, 0.05) is 30.5 Å². The summed E-state index contributed by atoms with van der Waals surface area (Å²) in [5, 5.41) is 1.09. The second-order valence-corrected chi connectivity index (χ2v) is 5.02. The molecule has 4 rings (SSSR count). The fraction of sp³-hybridized carbons (Fsp3) is 0.286. The van der Waals surface area contributed by atoms with Gasteiger partial charge in [0.1, 0.15) is 0 Å². The van der Waals surface area contributed by atoms with Gasteiger partial charge in [0.2, 0.25) is 0 Å². The Morgan fingerprint density at radius 1 is 1.39 bits per heavy atom. The fourth-order valence-corrected chi connectivity index (χ4v) is 2.60. The molecule has 0 amide bonds. The number of carbonyl (C=O) groups is 1. The molecule has 90 valence electrons. The minimum absolute atomic E-state index is 0.731. The number of carbonyl (C=O) groups excluding carboxylic acids is 1. The Labute approximate surface area is 104 Å². The third-order valence-electron chi connectivity index (χ3n) is 3.71. The number of hydrogen-bond donors (Lipinski definition) is 0. The van der Waals surface area contributed by atoms with E-state index in [0.29, 0.717) is 0 Å². The molecule has 0 aromatic carbocycles. The lowest BCUT2D eigenvalue weighted by Gasteiger charge is -2.07. The summed E-state index contributed by atoms with van der Waals surface area (Å²) in [5.41, 5.74) is 2.77. The normalized spacial score (nSPS) is 15.6. The van der Waals surface area contributed by atoms with Gasteiger partial charge < -0.3 is 8.97 Å². The van der Waals surface area contributed by atoms with E-state index in [0.717, 1.165) is 41.0 Å². The smallest absolute Gasteiger partial charge is 0.166 e. The van der Waals surface area contributed by atoms with Crippen LogP contribution >= 0.6 is 0 Å². The zero-order valence-corrected chi connectivity index (χ0v) is 9.91. The molecule has 0 aliphatic heterocycles. The van der Waals surface area contributed by atoms with Crippen LogP contribution in [0.3, 0.4) is 0 Å². The highest BCUT2D eigenvalue weighted by molar-refractivity contribution is 5.96. The lowest BCUT2D eigenvalue weighted by molar-refractivity contribution is 0.111. The molecule has 3 aromatic rings. The average Bonchev–Trinajstić information content (AvgIpc) is 2.95. The van der Waals surface area contributed by atoms with Crippen molar-refractivity contribution in [2.75, 3.05) is 0 Å². The van der Waals surface area contributed by atoms with Crippen molar-refractivity contribution in [3.63, 3.8) is 0 Å². The Balaban J connectivity index is 2.08. The molecule has 4 heteroatoms. The van der Waals surface area contributed by atoms with Crippen molar-refractivity contribution in [3.05, 3.63) is 36.4 Å². The number of aromatic nitrogens is 3. The zero-order chi connectivity index (χ0) is 12.1. The van der Waals surface area contributed by atoms with Crippen LogP contribution in [0.4, 0.5) is 0 Å². The van der Waals surface area contributed by atoms with E-state index in [2.05, 4.69) is 9.55 Å². The van der Waals surface area contributed by atoms with Crippen molar-refractivity contribution in [1.29, 1.82) is 0 Å². The van der Waals surface area contributed by atoms with Crippen molar-refractivity contribution in [1.82, 2.24) is 14.0 Å². The standard InChI is InChI=1S/C14H13N3O/c18-9-12-7-11-3-5-16-6-4-15-14(16)13(11)17(12)8-10-1-2-10/h3-7,9-10H,1-2,8H2. The highest BCUT2D eigenvalue weighted by Crippen LogP contribution is 2.33. The Bertz CT molecular complexity index is 749. The van der Waals surface area contributed by atoms with Crippen LogP contribution in [-0.2, 0) is 6.54 Å². The van der Waals surface area contributed by atoms with Crippen molar-refractivity contribution in [3.8, 4) is 0 Å². The first-order chi connectivity index (χ1) is 8.86. The van der Waals surface area contributed by atoms with Gasteiger partial charge in [0.15, 0.2) is 11.9 Å². The lowest BCUT2D eigenvalue weighted by Crippen LogP contribution is -2.04. The number of hydrogen-bond acceptors (Lipinski definition) is 2. The van der Waals surface area contributed by atoms with Crippen molar-refractivity contribution < 1.29 is 4.79 Å². The van der Waals surface area contributed by atoms with Gasteiger partial charge in [0.05, 0.1) is 11.2 Å². The molecule has 0 spiro atoms. The lowest BCUT2D eigenvalue weighted by atomic mass is 10.3. The largest absolute Gasteiger partial charge is 0.335 e. The van der Waals surface area contributed by atoms with E-state index in [4.69, 9.17) is 0 Å². The number of imidazole rings is 1. The summed E-state index contributed by atoms with van der Waals surface area (Å²) < 4.78 is 4.13. The van der Waals surface area contributed by atoms with Crippen LogP contribution < -0.4 is 0 Å². The Morgan fingerprint density at radius 2 is 2.28 bits per heavy atom. The Kier molecular flexibility index (Phi) is 1.89. The second kappa shape index (κ2) is 3.45. The fourth-order valence-electron chi connectivity index (χ4n) is 2.60. The third kappa shape index (κ3) is 1.32. The van der Waals surface area contributed by atoms with Crippen LogP contribution in [0.1, 0.15) is 23.3 Å². The maximum atomic E-state index is 11.2. The van der Waals surface area contributed by atoms with Crippen LogP contribution in [0.25, 0.3) is 16.6 Å². The SMILES string of the molecule is O=Cc1cc2ccn3ccnc3c2n1CC1CC1. The van der Waals surface area contributed by atoms with E-state index < -0.39 is 0 Å². The van der Waals surface area contributed by atoms with Gasteiger partial charge in [-0.2, -0.15) is 0 Å². The summed E-state index contributed by atoms with van der Waals surface area (Å²) in [5.74, 6) is 0.731. The molecule has 0 N–H and O–H groups in total. The molecule has 0 atom stereocenters. The average molecular weight is 239 g/mol. The van der Waals surface area contributed by atoms with Crippen LogP contribution in [0.2, 0.25) is 0 Å². The molecular formula is C14H13N3O. The summed E-state index contributed by atoms with van der Waals surface area (Å²) in [7, 11) is 0. The molecule has 1 fully saturated rings. The van der Waals surface area contributed by atoms with Crippen molar-refractivity contribution in [2.24, 2.45) is 5.92 Å². The molecule has 0 saturated heterocycles. The van der Waals surface area contributed by atoms with Crippen molar-refractivity contribution >= 4 is 22.8 Å². The molecule has 18 heavy (non-hydrogen) atoms. The second-order valence-electron chi connectivity index (χ2n) is 5.02. The van der Waals surface area contributed by atoms with E-state index in [1.807, 2.05) is 28.9 Å². The minimum atomic E-state index is 0.731. The van der Waals surface area contributed by atoms with Gasteiger partial charge in [-0.1, -0.05) is 0 Å². The van der Waals surface area contributed by atoms with Crippen LogP contribution in [0.5, 0.6) is 0 Å². The summed E-state index contributed by atoms with van der Waals surface area (Å²) >= 11 is 0. The highest BCUT2D eigenvalue weighted by Gasteiger charge is 2.24. The summed E-state index contributed by atoms with van der Waals surface area (Å²) in [4.78, 5) is 15.6. The van der Waals surface area contributed by atoms with Crippen LogP contribution in [-0.4, -0.2) is 20.2 Å². The third-order valence-corrected chi connectivity index (χ3v) is 3.71. The molecule has 3 heterocycles.